The number of carbonyl (C=O) groups excluding carboxylic acids is 2. The first-order valence-corrected chi connectivity index (χ1v) is 7.68. The summed E-state index contributed by atoms with van der Waals surface area (Å²) in [6.45, 7) is 3.53. The molecule has 0 aliphatic carbocycles. The third-order valence-electron chi connectivity index (χ3n) is 2.71. The Morgan fingerprint density at radius 1 is 1.13 bits per heavy atom. The number of hydrogen-bond acceptors (Lipinski definition) is 5. The van der Waals surface area contributed by atoms with Crippen molar-refractivity contribution < 1.29 is 23.8 Å². The van der Waals surface area contributed by atoms with Gasteiger partial charge in [0, 0.05) is 0 Å². The maximum Gasteiger partial charge on any atom is 0.345 e. The summed E-state index contributed by atoms with van der Waals surface area (Å²) in [5.41, 5.74) is 1.48. The summed E-state index contributed by atoms with van der Waals surface area (Å²) in [5, 5.41) is 0. The second-order valence-electron chi connectivity index (χ2n) is 4.79. The summed E-state index contributed by atoms with van der Waals surface area (Å²) in [6, 6.07) is 7.08. The molecule has 0 aromatic heterocycles. The average Bonchev–Trinajstić information content (AvgIpc) is 2.52. The lowest BCUT2D eigenvalue weighted by atomic mass is 10.00. The molecule has 1 aromatic carbocycles. The molecule has 0 saturated carbocycles. The Balaban J connectivity index is 3.27. The minimum absolute atomic E-state index is 0.224. The second-order valence-corrected chi connectivity index (χ2v) is 5.65. The standard InChI is InChI=1S/C17H19BrO5/c1-11(2)23-17(20)15(18)9-12-7-5-6-8-13(12)14(10-21-3)16(19)22-4/h5-11H,1-4H3. The number of hydrogen-bond donors (Lipinski definition) is 0. The predicted molar refractivity (Wildman–Crippen MR) is 91.6 cm³/mol. The number of esters is 2. The lowest BCUT2D eigenvalue weighted by molar-refractivity contribution is -0.141. The molecule has 0 N–H and O–H groups in total. The largest absolute Gasteiger partial charge is 0.503 e. The Hall–Kier alpha value is -2.08. The third-order valence-corrected chi connectivity index (χ3v) is 3.26. The van der Waals surface area contributed by atoms with E-state index in [9.17, 15) is 9.59 Å². The van der Waals surface area contributed by atoms with Gasteiger partial charge in [-0.05, 0) is 47.0 Å². The van der Waals surface area contributed by atoms with Gasteiger partial charge in [0.1, 0.15) is 10.1 Å². The summed E-state index contributed by atoms with van der Waals surface area (Å²) in [4.78, 5) is 23.8. The molecule has 0 bridgehead atoms. The van der Waals surface area contributed by atoms with Gasteiger partial charge >= 0.3 is 11.9 Å². The molecular weight excluding hydrogens is 364 g/mol. The minimum Gasteiger partial charge on any atom is -0.503 e. The van der Waals surface area contributed by atoms with Crippen LogP contribution in [-0.2, 0) is 23.8 Å². The molecule has 23 heavy (non-hydrogen) atoms. The van der Waals surface area contributed by atoms with Gasteiger partial charge in [0.05, 0.1) is 26.6 Å². The van der Waals surface area contributed by atoms with Crippen molar-refractivity contribution in [2.24, 2.45) is 0 Å². The monoisotopic (exact) mass is 382 g/mol. The molecule has 0 aliphatic rings. The van der Waals surface area contributed by atoms with E-state index in [1.807, 2.05) is 0 Å². The predicted octanol–water partition coefficient (Wildman–Crippen LogP) is 3.53. The Morgan fingerprint density at radius 2 is 1.78 bits per heavy atom. The highest BCUT2D eigenvalue weighted by Gasteiger charge is 2.17. The van der Waals surface area contributed by atoms with Crippen molar-refractivity contribution in [2.75, 3.05) is 14.2 Å². The molecule has 0 unspecified atom stereocenters. The van der Waals surface area contributed by atoms with E-state index >= 15 is 0 Å². The van der Waals surface area contributed by atoms with Crippen molar-refractivity contribution >= 4 is 39.5 Å². The van der Waals surface area contributed by atoms with Gasteiger partial charge in [-0.2, -0.15) is 0 Å². The SMILES string of the molecule is COC=C(C(=O)OC)c1ccccc1C=C(Br)C(=O)OC(C)C. The number of rotatable bonds is 6. The topological polar surface area (TPSA) is 61.8 Å². The van der Waals surface area contributed by atoms with Gasteiger partial charge in [-0.15, -0.1) is 0 Å². The molecular formula is C17H19BrO5. The molecule has 0 heterocycles. The zero-order chi connectivity index (χ0) is 17.4. The number of carbonyl (C=O) groups is 2. The quantitative estimate of drug-likeness (QED) is 0.427. The van der Waals surface area contributed by atoms with Crippen LogP contribution < -0.4 is 0 Å². The Morgan fingerprint density at radius 3 is 2.35 bits per heavy atom. The molecule has 0 saturated heterocycles. The summed E-state index contributed by atoms with van der Waals surface area (Å²) in [7, 11) is 2.73. The lowest BCUT2D eigenvalue weighted by Gasteiger charge is -2.10. The van der Waals surface area contributed by atoms with Crippen LogP contribution in [0.1, 0.15) is 25.0 Å². The maximum absolute atomic E-state index is 11.9. The zero-order valence-corrected chi connectivity index (χ0v) is 15.0. The molecule has 5 nitrogen and oxygen atoms in total. The van der Waals surface area contributed by atoms with Crippen LogP contribution in [0.15, 0.2) is 35.0 Å². The summed E-state index contributed by atoms with van der Waals surface area (Å²) in [5.74, 6) is -1.02. The number of methoxy groups -OCH3 is 2. The number of ether oxygens (including phenoxy) is 3. The van der Waals surface area contributed by atoms with Crippen LogP contribution in [-0.4, -0.2) is 32.3 Å². The van der Waals surface area contributed by atoms with Gasteiger partial charge in [-0.1, -0.05) is 24.3 Å². The first kappa shape index (κ1) is 19.0. The van der Waals surface area contributed by atoms with E-state index in [2.05, 4.69) is 15.9 Å². The summed E-state index contributed by atoms with van der Waals surface area (Å²) < 4.78 is 15.1. The van der Waals surface area contributed by atoms with Gasteiger partial charge in [-0.3, -0.25) is 0 Å². The first-order valence-electron chi connectivity index (χ1n) is 6.89. The van der Waals surface area contributed by atoms with Crippen LogP contribution in [0.3, 0.4) is 0 Å². The highest BCUT2D eigenvalue weighted by molar-refractivity contribution is 9.12. The average molecular weight is 383 g/mol. The molecule has 0 radical (unpaired) electrons. The van der Waals surface area contributed by atoms with Gasteiger partial charge in [-0.25, -0.2) is 9.59 Å². The third kappa shape index (κ3) is 5.56. The van der Waals surface area contributed by atoms with Crippen LogP contribution >= 0.6 is 15.9 Å². The molecule has 6 heteroatoms. The summed E-state index contributed by atoms with van der Waals surface area (Å²) >= 11 is 3.20. The Labute approximate surface area is 144 Å². The van der Waals surface area contributed by atoms with Gasteiger partial charge in [0.2, 0.25) is 0 Å². The normalized spacial score (nSPS) is 12.1. The van der Waals surface area contributed by atoms with Crippen molar-refractivity contribution in [1.82, 2.24) is 0 Å². The van der Waals surface area contributed by atoms with Crippen LogP contribution in [0.5, 0.6) is 0 Å². The van der Waals surface area contributed by atoms with Crippen LogP contribution in [0.2, 0.25) is 0 Å². The van der Waals surface area contributed by atoms with Crippen LogP contribution in [0.4, 0.5) is 0 Å². The van der Waals surface area contributed by atoms with Gasteiger partial charge in [0.15, 0.2) is 0 Å². The highest BCUT2D eigenvalue weighted by Crippen LogP contribution is 2.24. The van der Waals surface area contributed by atoms with E-state index in [0.717, 1.165) is 0 Å². The Bertz CT molecular complexity index is 632. The fraction of sp³-hybridized carbons (Fsp3) is 0.294. The molecule has 0 fully saturated rings. The number of halogens is 1. The fourth-order valence-electron chi connectivity index (χ4n) is 1.78. The van der Waals surface area contributed by atoms with E-state index in [1.54, 1.807) is 44.2 Å². The molecule has 0 amide bonds. The van der Waals surface area contributed by atoms with E-state index in [-0.39, 0.29) is 16.2 Å². The van der Waals surface area contributed by atoms with E-state index in [0.29, 0.717) is 11.1 Å². The Kier molecular flexibility index (Phi) is 7.54. The van der Waals surface area contributed by atoms with Crippen molar-refractivity contribution in [3.8, 4) is 0 Å². The second kappa shape index (κ2) is 9.15. The van der Waals surface area contributed by atoms with E-state index < -0.39 is 11.9 Å². The van der Waals surface area contributed by atoms with Gasteiger partial charge in [0.25, 0.3) is 0 Å². The zero-order valence-electron chi connectivity index (χ0n) is 13.5. The fourth-order valence-corrected chi connectivity index (χ4v) is 2.12. The van der Waals surface area contributed by atoms with Crippen molar-refractivity contribution in [1.29, 1.82) is 0 Å². The van der Waals surface area contributed by atoms with Crippen LogP contribution in [0, 0.1) is 0 Å². The molecule has 0 spiro atoms. The van der Waals surface area contributed by atoms with Crippen molar-refractivity contribution in [3.05, 3.63) is 46.1 Å². The van der Waals surface area contributed by atoms with E-state index in [1.165, 1.54) is 20.5 Å². The van der Waals surface area contributed by atoms with E-state index in [4.69, 9.17) is 14.2 Å². The van der Waals surface area contributed by atoms with Crippen molar-refractivity contribution in [2.45, 2.75) is 20.0 Å². The molecule has 1 aromatic rings. The smallest absolute Gasteiger partial charge is 0.345 e. The lowest BCUT2D eigenvalue weighted by Crippen LogP contribution is -2.11. The molecule has 124 valence electrons. The number of benzene rings is 1. The minimum atomic E-state index is -0.534. The summed E-state index contributed by atoms with van der Waals surface area (Å²) in [6.07, 6.45) is 2.67. The molecule has 1 rings (SSSR count). The van der Waals surface area contributed by atoms with Crippen molar-refractivity contribution in [3.63, 3.8) is 0 Å². The first-order chi connectivity index (χ1) is 10.9. The maximum atomic E-state index is 11.9. The highest BCUT2D eigenvalue weighted by atomic mass is 79.9. The molecule has 0 atom stereocenters. The molecule has 0 aliphatic heterocycles. The van der Waals surface area contributed by atoms with Gasteiger partial charge < -0.3 is 14.2 Å². The van der Waals surface area contributed by atoms with Crippen LogP contribution in [0.25, 0.3) is 11.6 Å².